The van der Waals surface area contributed by atoms with Crippen LogP contribution in [0.3, 0.4) is 0 Å². The molecule has 0 spiro atoms. The molecule has 5 heteroatoms. The van der Waals surface area contributed by atoms with Crippen LogP contribution in [-0.2, 0) is 0 Å². The minimum absolute atomic E-state index is 0.651. The molecule has 5 nitrogen and oxygen atoms in total. The lowest BCUT2D eigenvalue weighted by Gasteiger charge is -2.17. The maximum Gasteiger partial charge on any atom is 0.128 e. The fourth-order valence-electron chi connectivity index (χ4n) is 2.21. The van der Waals surface area contributed by atoms with E-state index >= 15 is 0 Å². The van der Waals surface area contributed by atoms with E-state index in [2.05, 4.69) is 43.0 Å². The first-order valence-electron chi connectivity index (χ1n) is 7.25. The van der Waals surface area contributed by atoms with Crippen LogP contribution in [-0.4, -0.2) is 41.5 Å². The van der Waals surface area contributed by atoms with Gasteiger partial charge in [-0.25, -0.2) is 0 Å². The Labute approximate surface area is 126 Å². The normalized spacial score (nSPS) is 11.1. The van der Waals surface area contributed by atoms with Gasteiger partial charge >= 0.3 is 0 Å². The molecule has 0 fully saturated rings. The predicted octanol–water partition coefficient (Wildman–Crippen LogP) is 2.21. The van der Waals surface area contributed by atoms with E-state index in [1.54, 1.807) is 6.20 Å². The van der Waals surface area contributed by atoms with E-state index in [1.807, 2.05) is 13.0 Å². The van der Waals surface area contributed by atoms with Gasteiger partial charge in [0.15, 0.2) is 0 Å². The molecule has 2 rings (SSSR count). The highest BCUT2D eigenvalue weighted by Crippen LogP contribution is 2.32. The molecule has 0 amide bonds. The fraction of sp³-hybridized carbons (Fsp3) is 0.438. The Bertz CT molecular complexity index is 587. The summed E-state index contributed by atoms with van der Waals surface area (Å²) in [6.07, 6.45) is 1.77. The SMILES string of the molecule is CCN(C)CCOc1ccc(C)cc1-c1c(C)cnn1N. The number of likely N-dealkylation sites (N-methyl/N-ethyl adjacent to an activating group) is 1. The summed E-state index contributed by atoms with van der Waals surface area (Å²) in [4.78, 5) is 3.63. The molecule has 114 valence electrons. The van der Waals surface area contributed by atoms with Crippen LogP contribution in [0.15, 0.2) is 24.4 Å². The van der Waals surface area contributed by atoms with E-state index in [-0.39, 0.29) is 0 Å². The third kappa shape index (κ3) is 3.55. The molecule has 0 saturated heterocycles. The number of aromatic nitrogens is 2. The molecule has 0 unspecified atom stereocenters. The van der Waals surface area contributed by atoms with E-state index in [9.17, 15) is 0 Å². The van der Waals surface area contributed by atoms with Crippen LogP contribution in [0.1, 0.15) is 18.1 Å². The molecule has 21 heavy (non-hydrogen) atoms. The second-order valence-corrected chi connectivity index (χ2v) is 5.36. The van der Waals surface area contributed by atoms with Crippen molar-refractivity contribution in [2.45, 2.75) is 20.8 Å². The first-order valence-corrected chi connectivity index (χ1v) is 7.25. The van der Waals surface area contributed by atoms with Gasteiger partial charge in [-0.1, -0.05) is 18.6 Å². The molecule has 0 saturated carbocycles. The Morgan fingerprint density at radius 3 is 2.71 bits per heavy atom. The number of nitrogens with two attached hydrogens (primary N) is 1. The first kappa shape index (κ1) is 15.4. The van der Waals surface area contributed by atoms with Crippen molar-refractivity contribution in [3.63, 3.8) is 0 Å². The Kier molecular flexibility index (Phi) is 4.85. The second kappa shape index (κ2) is 6.63. The van der Waals surface area contributed by atoms with E-state index in [0.29, 0.717) is 6.61 Å². The van der Waals surface area contributed by atoms with E-state index < -0.39 is 0 Å². The van der Waals surface area contributed by atoms with Gasteiger partial charge in [-0.3, -0.25) is 0 Å². The average molecular weight is 288 g/mol. The zero-order valence-corrected chi connectivity index (χ0v) is 13.3. The number of rotatable bonds is 6. The Morgan fingerprint density at radius 1 is 1.33 bits per heavy atom. The van der Waals surface area contributed by atoms with Crippen LogP contribution >= 0.6 is 0 Å². The minimum atomic E-state index is 0.651. The smallest absolute Gasteiger partial charge is 0.128 e. The summed E-state index contributed by atoms with van der Waals surface area (Å²) in [5.41, 5.74) is 4.10. The summed E-state index contributed by atoms with van der Waals surface area (Å²) in [5, 5.41) is 4.12. The van der Waals surface area contributed by atoms with Gasteiger partial charge < -0.3 is 15.5 Å². The van der Waals surface area contributed by atoms with Gasteiger partial charge in [-0.2, -0.15) is 9.89 Å². The zero-order valence-electron chi connectivity index (χ0n) is 13.3. The number of ether oxygens (including phenoxy) is 1. The molecule has 0 bridgehead atoms. The van der Waals surface area contributed by atoms with Crippen LogP contribution in [0.5, 0.6) is 5.75 Å². The molecule has 0 aliphatic carbocycles. The first-order chi connectivity index (χ1) is 10.0. The van der Waals surface area contributed by atoms with Gasteiger partial charge in [0.2, 0.25) is 0 Å². The molecule has 0 aliphatic rings. The van der Waals surface area contributed by atoms with Gasteiger partial charge in [0, 0.05) is 12.1 Å². The summed E-state index contributed by atoms with van der Waals surface area (Å²) >= 11 is 0. The Morgan fingerprint density at radius 2 is 2.10 bits per heavy atom. The van der Waals surface area contributed by atoms with Crippen molar-refractivity contribution in [3.05, 3.63) is 35.5 Å². The Hall–Kier alpha value is -2.01. The van der Waals surface area contributed by atoms with Crippen LogP contribution in [0.4, 0.5) is 0 Å². The standard InChI is InChI=1S/C16H24N4O/c1-5-19(4)8-9-21-15-7-6-12(2)10-14(15)16-13(3)11-18-20(16)17/h6-7,10-11H,5,8-9,17H2,1-4H3. The maximum atomic E-state index is 5.96. The summed E-state index contributed by atoms with van der Waals surface area (Å²) < 4.78 is 5.96. The third-order valence-corrected chi connectivity index (χ3v) is 3.64. The van der Waals surface area contributed by atoms with Crippen LogP contribution in [0.2, 0.25) is 0 Å². The number of aryl methyl sites for hydroxylation is 2. The molecule has 1 aromatic heterocycles. The molecule has 2 aromatic rings. The summed E-state index contributed by atoms with van der Waals surface area (Å²) in [6, 6.07) is 6.14. The summed E-state index contributed by atoms with van der Waals surface area (Å²) in [5.74, 6) is 6.78. The lowest BCUT2D eigenvalue weighted by atomic mass is 10.0. The molecular weight excluding hydrogens is 264 g/mol. The molecule has 2 N–H and O–H groups in total. The van der Waals surface area contributed by atoms with E-state index in [1.165, 1.54) is 10.4 Å². The average Bonchev–Trinajstić information content (AvgIpc) is 2.79. The van der Waals surface area contributed by atoms with Crippen molar-refractivity contribution in [1.82, 2.24) is 14.8 Å². The van der Waals surface area contributed by atoms with Gasteiger partial charge in [0.1, 0.15) is 12.4 Å². The van der Waals surface area contributed by atoms with Crippen molar-refractivity contribution < 1.29 is 4.74 Å². The summed E-state index contributed by atoms with van der Waals surface area (Å²) in [7, 11) is 2.08. The van der Waals surface area contributed by atoms with Crippen molar-refractivity contribution in [1.29, 1.82) is 0 Å². The zero-order chi connectivity index (χ0) is 15.4. The molecule has 1 heterocycles. The number of nitrogen functional groups attached to an aromatic ring is 1. The molecule has 0 radical (unpaired) electrons. The lowest BCUT2D eigenvalue weighted by molar-refractivity contribution is 0.244. The monoisotopic (exact) mass is 288 g/mol. The third-order valence-electron chi connectivity index (χ3n) is 3.64. The quantitative estimate of drug-likeness (QED) is 0.828. The Balaban J connectivity index is 2.26. The number of benzene rings is 1. The predicted molar refractivity (Wildman–Crippen MR) is 86.0 cm³/mol. The van der Waals surface area contributed by atoms with E-state index in [4.69, 9.17) is 10.6 Å². The van der Waals surface area contributed by atoms with Gasteiger partial charge in [-0.05, 0) is 45.1 Å². The second-order valence-electron chi connectivity index (χ2n) is 5.36. The number of nitrogens with zero attached hydrogens (tertiary/aromatic N) is 3. The largest absolute Gasteiger partial charge is 0.492 e. The maximum absolute atomic E-state index is 5.96. The van der Waals surface area contributed by atoms with Crippen molar-refractivity contribution >= 4 is 0 Å². The van der Waals surface area contributed by atoms with Crippen LogP contribution in [0.25, 0.3) is 11.3 Å². The topological polar surface area (TPSA) is 56.3 Å². The number of hydrogen-bond donors (Lipinski definition) is 1. The van der Waals surface area contributed by atoms with Crippen molar-refractivity contribution in [3.8, 4) is 17.0 Å². The molecule has 0 aliphatic heterocycles. The van der Waals surface area contributed by atoms with Gasteiger partial charge in [-0.15, -0.1) is 0 Å². The fourth-order valence-corrected chi connectivity index (χ4v) is 2.21. The summed E-state index contributed by atoms with van der Waals surface area (Å²) in [6.45, 7) is 8.75. The van der Waals surface area contributed by atoms with Crippen molar-refractivity contribution in [2.75, 3.05) is 32.6 Å². The van der Waals surface area contributed by atoms with Gasteiger partial charge in [0.25, 0.3) is 0 Å². The minimum Gasteiger partial charge on any atom is -0.492 e. The van der Waals surface area contributed by atoms with Crippen molar-refractivity contribution in [2.24, 2.45) is 0 Å². The molecule has 0 atom stereocenters. The molecule has 1 aromatic carbocycles. The van der Waals surface area contributed by atoms with Crippen LogP contribution < -0.4 is 10.6 Å². The van der Waals surface area contributed by atoms with E-state index in [0.717, 1.165) is 35.7 Å². The molecular formula is C16H24N4O. The highest BCUT2D eigenvalue weighted by molar-refractivity contribution is 5.71. The number of hydrogen-bond acceptors (Lipinski definition) is 4. The highest BCUT2D eigenvalue weighted by Gasteiger charge is 2.14. The van der Waals surface area contributed by atoms with Gasteiger partial charge in [0.05, 0.1) is 11.9 Å². The highest BCUT2D eigenvalue weighted by atomic mass is 16.5. The van der Waals surface area contributed by atoms with Crippen LogP contribution in [0, 0.1) is 13.8 Å². The lowest BCUT2D eigenvalue weighted by Crippen LogP contribution is -2.24.